The highest BCUT2D eigenvalue weighted by Crippen LogP contribution is 2.35. The fraction of sp³-hybridized carbons (Fsp3) is 0.417. The Morgan fingerprint density at radius 3 is 2.40 bits per heavy atom. The second-order valence-electron chi connectivity index (χ2n) is 4.54. The van der Waals surface area contributed by atoms with Crippen molar-refractivity contribution in [1.29, 1.82) is 0 Å². The Balaban J connectivity index is 3.43. The Kier molecular flexibility index (Phi) is 4.75. The normalized spacial score (nSPS) is 11.8. The van der Waals surface area contributed by atoms with E-state index in [1.165, 1.54) is 19.9 Å². The molecule has 112 valence electrons. The summed E-state index contributed by atoms with van der Waals surface area (Å²) in [6, 6.07) is 1.74. The number of carboxylic acid groups (broad SMARTS) is 1. The van der Waals surface area contributed by atoms with Crippen LogP contribution in [0.1, 0.15) is 24.2 Å². The highest BCUT2D eigenvalue weighted by Gasteiger charge is 2.34. The van der Waals surface area contributed by atoms with Gasteiger partial charge in [-0.25, -0.2) is 4.79 Å². The van der Waals surface area contributed by atoms with Crippen LogP contribution in [0, 0.1) is 0 Å². The smallest absolute Gasteiger partial charge is 0.405 e. The molecule has 0 aromatic heterocycles. The van der Waals surface area contributed by atoms with Crippen LogP contribution in [-0.4, -0.2) is 29.8 Å². The van der Waals surface area contributed by atoms with Crippen molar-refractivity contribution in [2.45, 2.75) is 26.1 Å². The zero-order valence-corrected chi connectivity index (χ0v) is 11.6. The average molecular weight is 311 g/mol. The van der Waals surface area contributed by atoms with E-state index in [1.807, 2.05) is 0 Å². The number of rotatable bonds is 4. The van der Waals surface area contributed by atoms with Gasteiger partial charge in [-0.2, -0.15) is 13.2 Å². The van der Waals surface area contributed by atoms with Gasteiger partial charge >= 0.3 is 12.1 Å². The number of carboxylic acids is 1. The van der Waals surface area contributed by atoms with Crippen LogP contribution in [0.25, 0.3) is 0 Å². The largest absolute Gasteiger partial charge is 0.478 e. The van der Waals surface area contributed by atoms with E-state index in [2.05, 4.69) is 0 Å². The molecule has 0 unspecified atom stereocenters. The van der Waals surface area contributed by atoms with Crippen molar-refractivity contribution < 1.29 is 23.1 Å². The number of nitrogen functional groups attached to an aromatic ring is 1. The van der Waals surface area contributed by atoms with Gasteiger partial charge in [0.05, 0.1) is 16.3 Å². The first kappa shape index (κ1) is 16.4. The lowest BCUT2D eigenvalue weighted by molar-refractivity contribution is -0.120. The zero-order valence-electron chi connectivity index (χ0n) is 10.8. The number of anilines is 2. The lowest BCUT2D eigenvalue weighted by Crippen LogP contribution is -2.40. The third-order valence-electron chi connectivity index (χ3n) is 2.58. The van der Waals surface area contributed by atoms with Crippen molar-refractivity contribution in [3.05, 3.63) is 22.7 Å². The van der Waals surface area contributed by atoms with Crippen LogP contribution in [0.4, 0.5) is 24.5 Å². The number of hydrogen-bond donors (Lipinski definition) is 2. The fourth-order valence-corrected chi connectivity index (χ4v) is 2.12. The Hall–Kier alpha value is -1.63. The monoisotopic (exact) mass is 310 g/mol. The van der Waals surface area contributed by atoms with E-state index in [0.717, 1.165) is 11.0 Å². The maximum absolute atomic E-state index is 12.6. The number of halogens is 4. The first-order chi connectivity index (χ1) is 9.03. The van der Waals surface area contributed by atoms with E-state index in [4.69, 9.17) is 22.4 Å². The van der Waals surface area contributed by atoms with Crippen molar-refractivity contribution in [2.24, 2.45) is 0 Å². The van der Waals surface area contributed by atoms with Crippen LogP contribution in [0.3, 0.4) is 0 Å². The molecular weight excluding hydrogens is 297 g/mol. The number of nitrogens with two attached hydrogens (primary N) is 1. The van der Waals surface area contributed by atoms with Crippen molar-refractivity contribution in [1.82, 2.24) is 0 Å². The first-order valence-corrected chi connectivity index (χ1v) is 6.06. The average Bonchev–Trinajstić information content (AvgIpc) is 2.23. The van der Waals surface area contributed by atoms with Gasteiger partial charge in [-0.05, 0) is 26.0 Å². The molecule has 0 spiro atoms. The second kappa shape index (κ2) is 5.78. The minimum absolute atomic E-state index is 0.0758. The molecule has 0 amide bonds. The van der Waals surface area contributed by atoms with E-state index in [0.29, 0.717) is 0 Å². The van der Waals surface area contributed by atoms with Crippen molar-refractivity contribution in [3.8, 4) is 0 Å². The second-order valence-corrected chi connectivity index (χ2v) is 4.95. The molecule has 8 heteroatoms. The summed E-state index contributed by atoms with van der Waals surface area (Å²) in [6.45, 7) is 1.74. The molecule has 0 fully saturated rings. The molecule has 0 aliphatic carbocycles. The van der Waals surface area contributed by atoms with Gasteiger partial charge in [-0.15, -0.1) is 0 Å². The third kappa shape index (κ3) is 3.93. The maximum atomic E-state index is 12.6. The molecule has 0 saturated carbocycles. The van der Waals surface area contributed by atoms with Crippen LogP contribution in [0.5, 0.6) is 0 Å². The fourth-order valence-electron chi connectivity index (χ4n) is 1.79. The molecule has 0 radical (unpaired) electrons. The van der Waals surface area contributed by atoms with Gasteiger partial charge in [0.2, 0.25) is 0 Å². The van der Waals surface area contributed by atoms with Crippen LogP contribution in [0.15, 0.2) is 12.1 Å². The summed E-state index contributed by atoms with van der Waals surface area (Å²) in [6.07, 6.45) is -4.48. The standard InChI is InChI=1S/C12H14ClF3N2O2/c1-6(2)18(5-12(14,15)16)10-8(11(19)20)3-7(17)4-9(10)13/h3-4,6H,5,17H2,1-2H3,(H,19,20). The Labute approximate surface area is 118 Å². The van der Waals surface area contributed by atoms with Gasteiger partial charge in [0.25, 0.3) is 0 Å². The lowest BCUT2D eigenvalue weighted by atomic mass is 10.1. The van der Waals surface area contributed by atoms with Gasteiger partial charge in [0.15, 0.2) is 0 Å². The Bertz CT molecular complexity index is 518. The summed E-state index contributed by atoms with van der Waals surface area (Å²) in [5, 5.41) is 9.00. The number of aromatic carboxylic acids is 1. The third-order valence-corrected chi connectivity index (χ3v) is 2.86. The maximum Gasteiger partial charge on any atom is 0.405 e. The van der Waals surface area contributed by atoms with Crippen molar-refractivity contribution in [3.63, 3.8) is 0 Å². The predicted octanol–water partition coefficient (Wildman–Crippen LogP) is 3.40. The summed E-state index contributed by atoms with van der Waals surface area (Å²) >= 11 is 5.89. The molecular formula is C12H14ClF3N2O2. The van der Waals surface area contributed by atoms with E-state index in [-0.39, 0.29) is 22.0 Å². The van der Waals surface area contributed by atoms with Gasteiger partial charge < -0.3 is 15.7 Å². The molecule has 0 aliphatic heterocycles. The topological polar surface area (TPSA) is 66.6 Å². The molecule has 20 heavy (non-hydrogen) atoms. The molecule has 0 saturated heterocycles. The van der Waals surface area contributed by atoms with Crippen LogP contribution in [0.2, 0.25) is 5.02 Å². The summed E-state index contributed by atoms with van der Waals surface area (Å²) in [5.41, 5.74) is 5.02. The number of benzene rings is 1. The quantitative estimate of drug-likeness (QED) is 0.837. The Morgan fingerprint density at radius 1 is 1.45 bits per heavy atom. The SMILES string of the molecule is CC(C)N(CC(F)(F)F)c1c(Cl)cc(N)cc1C(=O)O. The van der Waals surface area contributed by atoms with Crippen LogP contribution < -0.4 is 10.6 Å². The van der Waals surface area contributed by atoms with Crippen molar-refractivity contribution in [2.75, 3.05) is 17.2 Å². The Morgan fingerprint density at radius 2 is 2.00 bits per heavy atom. The molecule has 1 rings (SSSR count). The molecule has 1 aromatic carbocycles. The summed E-state index contributed by atoms with van der Waals surface area (Å²) in [4.78, 5) is 12.1. The minimum Gasteiger partial charge on any atom is -0.478 e. The lowest BCUT2D eigenvalue weighted by Gasteiger charge is -2.31. The van der Waals surface area contributed by atoms with Gasteiger partial charge in [-0.3, -0.25) is 0 Å². The van der Waals surface area contributed by atoms with Gasteiger partial charge in [0, 0.05) is 11.7 Å². The number of alkyl halides is 3. The van der Waals surface area contributed by atoms with E-state index < -0.39 is 24.7 Å². The highest BCUT2D eigenvalue weighted by atomic mass is 35.5. The molecule has 0 atom stereocenters. The molecule has 1 aromatic rings. The summed E-state index contributed by atoms with van der Waals surface area (Å²) in [5.74, 6) is -1.39. The van der Waals surface area contributed by atoms with E-state index in [1.54, 1.807) is 0 Å². The summed E-state index contributed by atoms with van der Waals surface area (Å²) in [7, 11) is 0. The zero-order chi connectivity index (χ0) is 15.7. The highest BCUT2D eigenvalue weighted by molar-refractivity contribution is 6.34. The van der Waals surface area contributed by atoms with Gasteiger partial charge in [-0.1, -0.05) is 11.6 Å². The van der Waals surface area contributed by atoms with Crippen LogP contribution in [-0.2, 0) is 0 Å². The molecule has 4 nitrogen and oxygen atoms in total. The van der Waals surface area contributed by atoms with E-state index >= 15 is 0 Å². The van der Waals surface area contributed by atoms with Crippen molar-refractivity contribution >= 4 is 28.9 Å². The summed E-state index contributed by atoms with van der Waals surface area (Å²) < 4.78 is 37.9. The molecule has 0 bridgehead atoms. The van der Waals surface area contributed by atoms with Gasteiger partial charge in [0.1, 0.15) is 6.54 Å². The van der Waals surface area contributed by atoms with E-state index in [9.17, 15) is 18.0 Å². The molecule has 3 N–H and O–H groups in total. The number of nitrogens with zero attached hydrogens (tertiary/aromatic N) is 1. The minimum atomic E-state index is -4.48. The van der Waals surface area contributed by atoms with Crippen LogP contribution >= 0.6 is 11.6 Å². The predicted molar refractivity (Wildman–Crippen MR) is 71.4 cm³/mol. The number of hydrogen-bond acceptors (Lipinski definition) is 3. The number of carbonyl (C=O) groups is 1. The first-order valence-electron chi connectivity index (χ1n) is 5.68. The molecule has 0 aliphatic rings. The molecule has 0 heterocycles.